The molecule has 13 heavy (non-hydrogen) atoms. The van der Waals surface area contributed by atoms with Crippen molar-refractivity contribution in [2.24, 2.45) is 11.8 Å². The number of aliphatic carboxylic acids is 1. The average Bonchev–Trinajstić information content (AvgIpc) is 1.82. The van der Waals surface area contributed by atoms with Crippen LogP contribution in [0.25, 0.3) is 0 Å². The number of hydrogen-bond donors (Lipinski definition) is 1. The highest BCUT2D eigenvalue weighted by Crippen LogP contribution is 2.32. The highest BCUT2D eigenvalue weighted by molar-refractivity contribution is 5.71. The van der Waals surface area contributed by atoms with Crippen LogP contribution in [0.3, 0.4) is 0 Å². The maximum Gasteiger partial charge on any atom is 0.420 e. The largest absolute Gasteiger partial charge is 0.481 e. The van der Waals surface area contributed by atoms with E-state index in [0.29, 0.717) is 0 Å². The summed E-state index contributed by atoms with van der Waals surface area (Å²) >= 11 is 0. The summed E-state index contributed by atoms with van der Waals surface area (Å²) in [6.07, 6.45) is -8.40. The van der Waals surface area contributed by atoms with E-state index in [2.05, 4.69) is 0 Å². The summed E-state index contributed by atoms with van der Waals surface area (Å²) in [7, 11) is 0. The Morgan fingerprint density at radius 1 is 1.31 bits per heavy atom. The quantitative estimate of drug-likeness (QED) is 0.712. The molecule has 0 aliphatic rings. The predicted molar refractivity (Wildman–Crippen MR) is 36.9 cm³/mol. The summed E-state index contributed by atoms with van der Waals surface area (Å²) in [6.45, 7) is 2.47. The number of alkyl halides is 4. The van der Waals surface area contributed by atoms with Crippen LogP contribution in [0.2, 0.25) is 0 Å². The maximum absolute atomic E-state index is 12.6. The van der Waals surface area contributed by atoms with Crippen molar-refractivity contribution < 1.29 is 27.5 Å². The molecule has 0 bridgehead atoms. The lowest BCUT2D eigenvalue weighted by Crippen LogP contribution is -2.39. The van der Waals surface area contributed by atoms with Crippen molar-refractivity contribution in [3.8, 4) is 0 Å². The second-order valence-corrected chi connectivity index (χ2v) is 3.05. The van der Waals surface area contributed by atoms with Crippen LogP contribution in [-0.2, 0) is 4.79 Å². The molecule has 0 spiro atoms. The molecule has 2 unspecified atom stereocenters. The van der Waals surface area contributed by atoms with Crippen LogP contribution in [0.15, 0.2) is 0 Å². The van der Waals surface area contributed by atoms with Crippen molar-refractivity contribution in [3.05, 3.63) is 0 Å². The summed E-state index contributed by atoms with van der Waals surface area (Å²) in [6, 6.07) is 0. The number of halogens is 4. The predicted octanol–water partition coefficient (Wildman–Crippen LogP) is 2.24. The third-order valence-electron chi connectivity index (χ3n) is 1.63. The Bertz CT molecular complexity index is 187. The molecule has 0 saturated heterocycles. The molecule has 1 N–H and O–H groups in total. The van der Waals surface area contributed by atoms with Gasteiger partial charge in [0.15, 0.2) is 0 Å². The third kappa shape index (κ3) is 3.20. The van der Waals surface area contributed by atoms with E-state index in [4.69, 9.17) is 5.11 Å². The van der Waals surface area contributed by atoms with E-state index < -0.39 is 30.2 Å². The zero-order valence-electron chi connectivity index (χ0n) is 7.10. The Morgan fingerprint density at radius 3 is 1.77 bits per heavy atom. The molecule has 6 heteroatoms. The molecule has 0 aromatic heterocycles. The standard InChI is InChI=1S/C7H10F4O2/c1-3(2)4(6(12)13)5(8)7(9,10)11/h3-5H,1-2H3,(H,12,13). The van der Waals surface area contributed by atoms with Gasteiger partial charge in [-0.15, -0.1) is 0 Å². The van der Waals surface area contributed by atoms with Crippen LogP contribution >= 0.6 is 0 Å². The molecule has 0 radical (unpaired) electrons. The molecule has 0 fully saturated rings. The summed E-state index contributed by atoms with van der Waals surface area (Å²) in [5.41, 5.74) is 0. The molecular formula is C7H10F4O2. The lowest BCUT2D eigenvalue weighted by Gasteiger charge is -2.22. The van der Waals surface area contributed by atoms with E-state index in [-0.39, 0.29) is 0 Å². The van der Waals surface area contributed by atoms with E-state index in [1.165, 1.54) is 13.8 Å². The third-order valence-corrected chi connectivity index (χ3v) is 1.63. The van der Waals surface area contributed by atoms with Crippen LogP contribution in [0.5, 0.6) is 0 Å². The van der Waals surface area contributed by atoms with Gasteiger partial charge in [-0.05, 0) is 5.92 Å². The lowest BCUT2D eigenvalue weighted by atomic mass is 9.91. The van der Waals surface area contributed by atoms with E-state index in [9.17, 15) is 22.4 Å². The molecule has 2 nitrogen and oxygen atoms in total. The van der Waals surface area contributed by atoms with Crippen molar-refractivity contribution in [1.29, 1.82) is 0 Å². The first-order chi connectivity index (χ1) is 5.68. The highest BCUT2D eigenvalue weighted by atomic mass is 19.4. The Balaban J connectivity index is 4.67. The molecule has 0 rings (SSSR count). The summed E-state index contributed by atoms with van der Waals surface area (Å²) < 4.78 is 47.9. The van der Waals surface area contributed by atoms with Gasteiger partial charge in [0.25, 0.3) is 0 Å². The van der Waals surface area contributed by atoms with Crippen LogP contribution in [0, 0.1) is 11.8 Å². The van der Waals surface area contributed by atoms with E-state index in [1.807, 2.05) is 0 Å². The monoisotopic (exact) mass is 202 g/mol. The minimum absolute atomic E-state index is 0.894. The van der Waals surface area contributed by atoms with Crippen molar-refractivity contribution in [2.75, 3.05) is 0 Å². The maximum atomic E-state index is 12.6. The molecule has 0 aromatic carbocycles. The Kier molecular flexibility index (Phi) is 3.69. The zero-order valence-corrected chi connectivity index (χ0v) is 7.10. The van der Waals surface area contributed by atoms with Crippen LogP contribution in [0.4, 0.5) is 17.6 Å². The minimum atomic E-state index is -5.10. The second kappa shape index (κ2) is 3.93. The zero-order chi connectivity index (χ0) is 10.8. The van der Waals surface area contributed by atoms with Gasteiger partial charge in [0.1, 0.15) is 0 Å². The van der Waals surface area contributed by atoms with Crippen LogP contribution in [0.1, 0.15) is 13.8 Å². The molecule has 0 aliphatic carbocycles. The van der Waals surface area contributed by atoms with Crippen LogP contribution in [-0.4, -0.2) is 23.4 Å². The lowest BCUT2D eigenvalue weighted by molar-refractivity contribution is -0.205. The van der Waals surface area contributed by atoms with Crippen molar-refractivity contribution in [2.45, 2.75) is 26.2 Å². The molecule has 0 aromatic rings. The molecule has 0 amide bonds. The van der Waals surface area contributed by atoms with Gasteiger partial charge in [0.2, 0.25) is 6.17 Å². The van der Waals surface area contributed by atoms with Crippen molar-refractivity contribution in [1.82, 2.24) is 0 Å². The number of hydrogen-bond acceptors (Lipinski definition) is 1. The smallest absolute Gasteiger partial charge is 0.420 e. The Labute approximate surface area is 72.5 Å². The normalized spacial score (nSPS) is 17.2. The Morgan fingerprint density at radius 2 is 1.69 bits per heavy atom. The van der Waals surface area contributed by atoms with Crippen molar-refractivity contribution >= 4 is 5.97 Å². The van der Waals surface area contributed by atoms with Gasteiger partial charge in [-0.3, -0.25) is 4.79 Å². The highest BCUT2D eigenvalue weighted by Gasteiger charge is 2.49. The van der Waals surface area contributed by atoms with E-state index in [0.717, 1.165) is 0 Å². The first-order valence-corrected chi connectivity index (χ1v) is 3.61. The van der Waals surface area contributed by atoms with Gasteiger partial charge in [-0.2, -0.15) is 13.2 Å². The molecule has 0 heterocycles. The molecule has 2 atom stereocenters. The fraction of sp³-hybridized carbons (Fsp3) is 0.857. The SMILES string of the molecule is CC(C)C(C(=O)O)C(F)C(F)(F)F. The Hall–Kier alpha value is -0.810. The molecule has 0 saturated carbocycles. The fourth-order valence-electron chi connectivity index (χ4n) is 0.952. The number of rotatable bonds is 3. The van der Waals surface area contributed by atoms with Crippen LogP contribution < -0.4 is 0 Å². The summed E-state index contributed by atoms with van der Waals surface area (Å²) in [4.78, 5) is 10.3. The van der Waals surface area contributed by atoms with Gasteiger partial charge in [-0.1, -0.05) is 13.8 Å². The number of carboxylic acid groups (broad SMARTS) is 1. The number of carboxylic acids is 1. The van der Waals surface area contributed by atoms with Gasteiger partial charge < -0.3 is 5.11 Å². The van der Waals surface area contributed by atoms with Gasteiger partial charge in [0, 0.05) is 0 Å². The first kappa shape index (κ1) is 12.2. The second-order valence-electron chi connectivity index (χ2n) is 3.05. The molecular weight excluding hydrogens is 192 g/mol. The van der Waals surface area contributed by atoms with Gasteiger partial charge in [0.05, 0.1) is 5.92 Å². The first-order valence-electron chi connectivity index (χ1n) is 3.61. The minimum Gasteiger partial charge on any atom is -0.481 e. The van der Waals surface area contributed by atoms with Gasteiger partial charge in [-0.25, -0.2) is 4.39 Å². The van der Waals surface area contributed by atoms with Crippen molar-refractivity contribution in [3.63, 3.8) is 0 Å². The summed E-state index contributed by atoms with van der Waals surface area (Å²) in [5.74, 6) is -4.69. The molecule has 78 valence electrons. The van der Waals surface area contributed by atoms with E-state index in [1.54, 1.807) is 0 Å². The summed E-state index contributed by atoms with van der Waals surface area (Å²) in [5, 5.41) is 8.34. The van der Waals surface area contributed by atoms with E-state index >= 15 is 0 Å². The number of carbonyl (C=O) groups is 1. The van der Waals surface area contributed by atoms with Gasteiger partial charge >= 0.3 is 12.1 Å². The fourth-order valence-corrected chi connectivity index (χ4v) is 0.952. The molecule has 0 aliphatic heterocycles. The topological polar surface area (TPSA) is 37.3 Å². The average molecular weight is 202 g/mol.